The molecule has 1 atom stereocenters. The van der Waals surface area contributed by atoms with E-state index in [0.717, 1.165) is 5.52 Å². The summed E-state index contributed by atoms with van der Waals surface area (Å²) in [5.74, 6) is -0.459. The van der Waals surface area contributed by atoms with Crippen molar-refractivity contribution in [2.24, 2.45) is 0 Å². The van der Waals surface area contributed by atoms with Gasteiger partial charge in [-0.15, -0.1) is 0 Å². The number of amides is 2. The lowest BCUT2D eigenvalue weighted by atomic mass is 9.68. The molecule has 154 valence electrons. The third-order valence-corrected chi connectivity index (χ3v) is 5.89. The van der Waals surface area contributed by atoms with Gasteiger partial charge in [0.15, 0.2) is 5.41 Å². The van der Waals surface area contributed by atoms with Crippen molar-refractivity contribution in [1.82, 2.24) is 14.9 Å². The van der Waals surface area contributed by atoms with Crippen LogP contribution in [0, 0.1) is 0 Å². The van der Waals surface area contributed by atoms with E-state index in [9.17, 15) is 14.7 Å². The molecule has 1 aromatic heterocycles. The maximum Gasteiger partial charge on any atom is 0.261 e. The van der Waals surface area contributed by atoms with Crippen LogP contribution in [0.2, 0.25) is 0 Å². The number of fused-ring (bicyclic) bond motifs is 2. The number of aromatic amines is 1. The Bertz CT molecular complexity index is 1310. The molecule has 1 aliphatic rings. The van der Waals surface area contributed by atoms with Gasteiger partial charge in [-0.2, -0.15) is 0 Å². The van der Waals surface area contributed by atoms with Gasteiger partial charge in [-0.3, -0.25) is 14.5 Å². The molecule has 4 aromatic rings. The Kier molecular flexibility index (Phi) is 4.18. The third kappa shape index (κ3) is 2.54. The average molecular weight is 411 g/mol. The summed E-state index contributed by atoms with van der Waals surface area (Å²) in [6, 6.07) is 20.9. The van der Waals surface area contributed by atoms with Gasteiger partial charge >= 0.3 is 0 Å². The fourth-order valence-corrected chi connectivity index (χ4v) is 4.52. The largest absolute Gasteiger partial charge is 0.508 e. The quantitative estimate of drug-likeness (QED) is 0.499. The van der Waals surface area contributed by atoms with Crippen LogP contribution in [0.3, 0.4) is 0 Å². The second kappa shape index (κ2) is 6.80. The van der Waals surface area contributed by atoms with Crippen molar-refractivity contribution in [2.45, 2.75) is 25.3 Å². The molecule has 0 radical (unpaired) electrons. The number of rotatable bonds is 3. The highest BCUT2D eigenvalue weighted by Gasteiger charge is 2.56. The zero-order chi connectivity index (χ0) is 21.8. The summed E-state index contributed by atoms with van der Waals surface area (Å²) in [5.41, 5.74) is 1.27. The Labute approximate surface area is 179 Å². The molecule has 31 heavy (non-hydrogen) atoms. The van der Waals surface area contributed by atoms with Crippen LogP contribution in [-0.2, 0) is 10.2 Å². The first-order valence-electron chi connectivity index (χ1n) is 10.2. The fourth-order valence-electron chi connectivity index (χ4n) is 4.52. The molecule has 6 nitrogen and oxygen atoms in total. The number of hydrogen-bond acceptors (Lipinski definition) is 4. The first kappa shape index (κ1) is 19.1. The maximum atomic E-state index is 14.2. The smallest absolute Gasteiger partial charge is 0.261 e. The number of phenols is 1. The van der Waals surface area contributed by atoms with E-state index in [1.807, 2.05) is 24.3 Å². The highest BCUT2D eigenvalue weighted by Crippen LogP contribution is 2.48. The zero-order valence-electron chi connectivity index (χ0n) is 17.2. The Hall–Kier alpha value is -3.93. The summed E-state index contributed by atoms with van der Waals surface area (Å²) in [7, 11) is 0. The molecule has 2 heterocycles. The van der Waals surface area contributed by atoms with E-state index < -0.39 is 11.3 Å². The lowest BCUT2D eigenvalue weighted by molar-refractivity contribution is -0.134. The number of aromatic hydroxyl groups is 1. The van der Waals surface area contributed by atoms with E-state index in [4.69, 9.17) is 4.98 Å². The highest BCUT2D eigenvalue weighted by atomic mass is 16.3. The SMILES string of the molecule is CC(C)N1C(=O)c2ccccc2C(c2nc3ccccc3[nH]2)(c2ccccc2O)C1=O. The molecule has 2 N–H and O–H groups in total. The Morgan fingerprint density at radius 2 is 1.55 bits per heavy atom. The van der Waals surface area contributed by atoms with Crippen LogP contribution in [-0.4, -0.2) is 37.8 Å². The fraction of sp³-hybridized carbons (Fsp3) is 0.160. The molecule has 0 spiro atoms. The second-order valence-corrected chi connectivity index (χ2v) is 7.99. The summed E-state index contributed by atoms with van der Waals surface area (Å²) >= 11 is 0. The molecule has 0 bridgehead atoms. The number of benzene rings is 3. The first-order valence-corrected chi connectivity index (χ1v) is 10.2. The predicted octanol–water partition coefficient (Wildman–Crippen LogP) is 3.99. The number of imide groups is 1. The van der Waals surface area contributed by atoms with Crippen LogP contribution in [0.25, 0.3) is 11.0 Å². The van der Waals surface area contributed by atoms with Gasteiger partial charge in [-0.25, -0.2) is 4.98 Å². The number of phenolic OH excluding ortho intramolecular Hbond substituents is 1. The van der Waals surface area contributed by atoms with Crippen LogP contribution in [0.15, 0.2) is 72.8 Å². The van der Waals surface area contributed by atoms with Gasteiger partial charge in [0.05, 0.1) is 11.0 Å². The zero-order valence-corrected chi connectivity index (χ0v) is 17.2. The van der Waals surface area contributed by atoms with Crippen molar-refractivity contribution in [3.63, 3.8) is 0 Å². The summed E-state index contributed by atoms with van der Waals surface area (Å²) in [4.78, 5) is 36.8. The lowest BCUT2D eigenvalue weighted by Gasteiger charge is -2.42. The summed E-state index contributed by atoms with van der Waals surface area (Å²) in [6.45, 7) is 3.61. The van der Waals surface area contributed by atoms with E-state index in [2.05, 4.69) is 4.98 Å². The van der Waals surface area contributed by atoms with Crippen LogP contribution >= 0.6 is 0 Å². The maximum absolute atomic E-state index is 14.2. The van der Waals surface area contributed by atoms with Gasteiger partial charge in [0.1, 0.15) is 11.6 Å². The van der Waals surface area contributed by atoms with E-state index in [-0.39, 0.29) is 17.7 Å². The number of imidazole rings is 1. The molecule has 2 amide bonds. The molecule has 0 fully saturated rings. The number of nitrogens with one attached hydrogen (secondary N) is 1. The van der Waals surface area contributed by atoms with Crippen LogP contribution in [0.4, 0.5) is 0 Å². The molecule has 5 rings (SSSR count). The summed E-state index contributed by atoms with van der Waals surface area (Å²) in [5, 5.41) is 10.9. The second-order valence-electron chi connectivity index (χ2n) is 7.99. The molecular weight excluding hydrogens is 390 g/mol. The van der Waals surface area contributed by atoms with Gasteiger partial charge in [-0.05, 0) is 43.7 Å². The van der Waals surface area contributed by atoms with E-state index >= 15 is 0 Å². The lowest BCUT2D eigenvalue weighted by Crippen LogP contribution is -2.58. The Morgan fingerprint density at radius 1 is 0.903 bits per heavy atom. The minimum Gasteiger partial charge on any atom is -0.508 e. The number of aromatic nitrogens is 2. The molecule has 0 saturated carbocycles. The number of carbonyl (C=O) groups excluding carboxylic acids is 2. The monoisotopic (exact) mass is 411 g/mol. The molecular formula is C25H21N3O3. The van der Waals surface area contributed by atoms with Crippen LogP contribution < -0.4 is 0 Å². The van der Waals surface area contributed by atoms with Gasteiger partial charge in [-0.1, -0.05) is 48.5 Å². The topological polar surface area (TPSA) is 86.3 Å². The minimum absolute atomic E-state index is 0.0378. The molecule has 0 aliphatic carbocycles. The molecule has 3 aromatic carbocycles. The van der Waals surface area contributed by atoms with Gasteiger partial charge in [0.25, 0.3) is 11.8 Å². The highest BCUT2D eigenvalue weighted by molar-refractivity contribution is 6.16. The van der Waals surface area contributed by atoms with Crippen LogP contribution in [0.1, 0.15) is 41.2 Å². The normalized spacial score (nSPS) is 18.6. The Balaban J connectivity index is 1.96. The number of hydrogen-bond donors (Lipinski definition) is 2. The molecule has 1 unspecified atom stereocenters. The van der Waals surface area contributed by atoms with Gasteiger partial charge < -0.3 is 10.1 Å². The standard InChI is InChI=1S/C25H21N3O3/c1-15(2)28-22(30)16-9-3-4-10-17(16)25(24(28)31,18-11-5-8-14-21(18)29)23-26-19-12-6-7-13-20(19)27-23/h3-15,29H,1-2H3,(H,26,27). The van der Waals surface area contributed by atoms with E-state index in [1.54, 1.807) is 62.4 Å². The number of carbonyl (C=O) groups is 2. The molecule has 0 saturated heterocycles. The Morgan fingerprint density at radius 3 is 2.26 bits per heavy atom. The summed E-state index contributed by atoms with van der Waals surface area (Å²) in [6.07, 6.45) is 0. The number of nitrogens with zero attached hydrogens (tertiary/aromatic N) is 2. The molecule has 1 aliphatic heterocycles. The van der Waals surface area contributed by atoms with E-state index in [1.165, 1.54) is 4.90 Å². The van der Waals surface area contributed by atoms with Gasteiger partial charge in [0, 0.05) is 17.2 Å². The number of para-hydroxylation sites is 3. The van der Waals surface area contributed by atoms with Crippen molar-refractivity contribution in [3.8, 4) is 5.75 Å². The third-order valence-electron chi connectivity index (χ3n) is 5.89. The average Bonchev–Trinajstić information content (AvgIpc) is 3.19. The van der Waals surface area contributed by atoms with Crippen molar-refractivity contribution >= 4 is 22.8 Å². The van der Waals surface area contributed by atoms with Crippen molar-refractivity contribution in [1.29, 1.82) is 0 Å². The molecule has 6 heteroatoms. The van der Waals surface area contributed by atoms with Crippen molar-refractivity contribution in [3.05, 3.63) is 95.3 Å². The van der Waals surface area contributed by atoms with E-state index in [0.29, 0.717) is 28.0 Å². The van der Waals surface area contributed by atoms with Crippen LogP contribution in [0.5, 0.6) is 5.75 Å². The predicted molar refractivity (Wildman–Crippen MR) is 117 cm³/mol. The first-order chi connectivity index (χ1) is 15.0. The minimum atomic E-state index is -1.50. The van der Waals surface area contributed by atoms with Crippen molar-refractivity contribution < 1.29 is 14.7 Å². The van der Waals surface area contributed by atoms with Gasteiger partial charge in [0.2, 0.25) is 0 Å². The summed E-state index contributed by atoms with van der Waals surface area (Å²) < 4.78 is 0. The number of H-pyrrole nitrogens is 1. The van der Waals surface area contributed by atoms with Crippen molar-refractivity contribution in [2.75, 3.05) is 0 Å².